The van der Waals surface area contributed by atoms with Gasteiger partial charge in [-0.25, -0.2) is 9.40 Å². The first-order valence-corrected chi connectivity index (χ1v) is 12.0. The van der Waals surface area contributed by atoms with Crippen molar-refractivity contribution in [3.8, 4) is 0 Å². The van der Waals surface area contributed by atoms with Gasteiger partial charge in [0.25, 0.3) is 0 Å². The van der Waals surface area contributed by atoms with E-state index in [0.29, 0.717) is 31.3 Å². The number of carbonyl (C=O) groups excluding carboxylic acids is 3. The Balaban J connectivity index is 0.000000340. The Hall–Kier alpha value is -2.52. The summed E-state index contributed by atoms with van der Waals surface area (Å²) >= 11 is 0. The Morgan fingerprint density at radius 2 is 1.76 bits per heavy atom. The monoisotopic (exact) mass is 477 g/mol. The molecule has 34 heavy (non-hydrogen) atoms. The summed E-state index contributed by atoms with van der Waals surface area (Å²) in [5, 5.41) is 6.16. The largest absolute Gasteiger partial charge is 0.337 e. The highest BCUT2D eigenvalue weighted by atomic mass is 19.1. The van der Waals surface area contributed by atoms with Gasteiger partial charge in [-0.1, -0.05) is 39.8 Å². The summed E-state index contributed by atoms with van der Waals surface area (Å²) in [6.07, 6.45) is 1.89. The molecule has 0 spiro atoms. The van der Waals surface area contributed by atoms with Crippen molar-refractivity contribution >= 4 is 18.2 Å². The van der Waals surface area contributed by atoms with E-state index in [1.54, 1.807) is 34.1 Å². The number of hydrazine groups is 1. The van der Waals surface area contributed by atoms with Crippen LogP contribution in [0.1, 0.15) is 46.1 Å². The van der Waals surface area contributed by atoms with Gasteiger partial charge in [-0.2, -0.15) is 0 Å². The molecule has 0 saturated carbocycles. The molecular weight excluding hydrogens is 437 g/mol. The number of halogens is 1. The zero-order valence-electron chi connectivity index (χ0n) is 21.3. The van der Waals surface area contributed by atoms with Gasteiger partial charge >= 0.3 is 0 Å². The molecule has 3 rings (SSSR count). The zero-order valence-corrected chi connectivity index (χ0v) is 21.3. The van der Waals surface area contributed by atoms with E-state index in [4.69, 9.17) is 0 Å². The van der Waals surface area contributed by atoms with Crippen molar-refractivity contribution in [1.29, 1.82) is 0 Å². The van der Waals surface area contributed by atoms with Crippen molar-refractivity contribution in [2.24, 2.45) is 11.8 Å². The average Bonchev–Trinajstić information content (AvgIpc) is 2.76. The summed E-state index contributed by atoms with van der Waals surface area (Å²) in [5.41, 5.74) is 1.10. The van der Waals surface area contributed by atoms with Crippen LogP contribution in [0.15, 0.2) is 24.3 Å². The molecule has 0 bridgehead atoms. The van der Waals surface area contributed by atoms with Gasteiger partial charge in [-0.15, -0.1) is 0 Å². The summed E-state index contributed by atoms with van der Waals surface area (Å²) in [6.45, 7) is 10.3. The van der Waals surface area contributed by atoms with Crippen molar-refractivity contribution in [1.82, 2.24) is 25.1 Å². The van der Waals surface area contributed by atoms with Crippen LogP contribution >= 0.6 is 0 Å². The van der Waals surface area contributed by atoms with Crippen LogP contribution < -0.4 is 5.32 Å². The number of nitrogens with one attached hydrogen (secondary N) is 1. The molecule has 8 nitrogen and oxygen atoms in total. The molecule has 190 valence electrons. The third-order valence-corrected chi connectivity index (χ3v) is 6.06. The van der Waals surface area contributed by atoms with Crippen LogP contribution in [0.5, 0.6) is 0 Å². The maximum Gasteiger partial charge on any atom is 0.245 e. The predicted octanol–water partition coefficient (Wildman–Crippen LogP) is 2.31. The molecule has 0 aromatic heterocycles. The molecule has 1 aromatic carbocycles. The SMILES string of the molecule is CC(C)CCN1CC2N(C(=O)CN(C)N2C=O)[C@@H](CC(C)C)C1=O.CNCc1ccc(F)cc1. The van der Waals surface area contributed by atoms with E-state index in [1.807, 2.05) is 25.8 Å². The van der Waals surface area contributed by atoms with Crippen molar-refractivity contribution in [3.05, 3.63) is 35.6 Å². The molecule has 3 amide bonds. The number of hydrogen-bond donors (Lipinski definition) is 1. The van der Waals surface area contributed by atoms with Crippen LogP contribution in [0.3, 0.4) is 0 Å². The Bertz CT molecular complexity index is 817. The van der Waals surface area contributed by atoms with Gasteiger partial charge in [0.1, 0.15) is 18.0 Å². The third kappa shape index (κ3) is 7.24. The van der Waals surface area contributed by atoms with Gasteiger partial charge < -0.3 is 15.1 Å². The van der Waals surface area contributed by atoms with Gasteiger partial charge in [0, 0.05) is 20.1 Å². The minimum atomic E-state index is -0.473. The minimum Gasteiger partial charge on any atom is -0.337 e. The highest BCUT2D eigenvalue weighted by molar-refractivity contribution is 5.90. The van der Waals surface area contributed by atoms with Crippen LogP contribution in [0, 0.1) is 17.7 Å². The maximum absolute atomic E-state index is 13.0. The number of nitrogens with zero attached hydrogens (tertiary/aromatic N) is 4. The van der Waals surface area contributed by atoms with E-state index in [9.17, 15) is 18.8 Å². The molecule has 2 aliphatic heterocycles. The van der Waals surface area contributed by atoms with Crippen LogP contribution in [0.4, 0.5) is 4.39 Å². The molecule has 2 atom stereocenters. The highest BCUT2D eigenvalue weighted by Crippen LogP contribution is 2.28. The van der Waals surface area contributed by atoms with Crippen LogP contribution in [0.2, 0.25) is 0 Å². The normalized spacial score (nSPS) is 21.0. The molecule has 9 heteroatoms. The number of piperazine rings is 1. The average molecular weight is 478 g/mol. The second kappa shape index (κ2) is 12.8. The second-order valence-electron chi connectivity index (χ2n) is 9.85. The van der Waals surface area contributed by atoms with Gasteiger partial charge in [0.2, 0.25) is 18.2 Å². The highest BCUT2D eigenvalue weighted by Gasteiger charge is 2.48. The molecular formula is C25H40FN5O3. The lowest BCUT2D eigenvalue weighted by Crippen LogP contribution is -2.74. The minimum absolute atomic E-state index is 0.0179. The van der Waals surface area contributed by atoms with E-state index < -0.39 is 12.2 Å². The first-order valence-electron chi connectivity index (χ1n) is 12.0. The number of carbonyl (C=O) groups is 3. The molecule has 1 aromatic rings. The van der Waals surface area contributed by atoms with E-state index in [-0.39, 0.29) is 24.2 Å². The molecule has 1 unspecified atom stereocenters. The number of fused-ring (bicyclic) bond motifs is 1. The fourth-order valence-corrected chi connectivity index (χ4v) is 4.28. The molecule has 2 fully saturated rings. The molecule has 2 heterocycles. The second-order valence-corrected chi connectivity index (χ2v) is 9.85. The molecule has 0 radical (unpaired) electrons. The third-order valence-electron chi connectivity index (χ3n) is 6.06. The Kier molecular flexibility index (Phi) is 10.4. The van der Waals surface area contributed by atoms with Crippen molar-refractivity contribution in [2.45, 2.75) is 59.3 Å². The lowest BCUT2D eigenvalue weighted by atomic mass is 9.96. The molecule has 2 saturated heterocycles. The van der Waals surface area contributed by atoms with Gasteiger partial charge in [-0.05, 0) is 49.4 Å². The Labute approximate surface area is 203 Å². The van der Waals surface area contributed by atoms with Gasteiger partial charge in [-0.3, -0.25) is 19.4 Å². The standard InChI is InChI=1S/C17H30N4O3.C8H10FN/c1-12(2)6-7-19-9-15-20(11-22)18(5)10-16(23)21(15)14(17(19)24)8-13(3)4;1-10-6-7-2-4-8(9)5-3-7/h11-15H,6-10H2,1-5H3;2-5,10H,6H2,1H3/t14-,15?;/m0./s1. The topological polar surface area (TPSA) is 76.2 Å². The Morgan fingerprint density at radius 1 is 1.12 bits per heavy atom. The number of likely N-dealkylation sites (N-methyl/N-ethyl adjacent to an activating group) is 1. The summed E-state index contributed by atoms with van der Waals surface area (Å²) in [5.74, 6) is 0.548. The van der Waals surface area contributed by atoms with E-state index in [2.05, 4.69) is 19.2 Å². The summed E-state index contributed by atoms with van der Waals surface area (Å²) in [4.78, 5) is 40.6. The number of amides is 3. The summed E-state index contributed by atoms with van der Waals surface area (Å²) in [6, 6.07) is 6.00. The molecule has 0 aliphatic carbocycles. The zero-order chi connectivity index (χ0) is 25.4. The van der Waals surface area contributed by atoms with Crippen LogP contribution in [-0.2, 0) is 20.9 Å². The smallest absolute Gasteiger partial charge is 0.245 e. The molecule has 1 N–H and O–H groups in total. The Morgan fingerprint density at radius 3 is 2.29 bits per heavy atom. The lowest BCUT2D eigenvalue weighted by molar-refractivity contribution is -0.197. The van der Waals surface area contributed by atoms with Crippen LogP contribution in [0.25, 0.3) is 0 Å². The fraction of sp³-hybridized carbons (Fsp3) is 0.640. The maximum atomic E-state index is 13.0. The molecule has 2 aliphatic rings. The van der Waals surface area contributed by atoms with Gasteiger partial charge in [0.05, 0.1) is 13.1 Å². The number of hydrogen-bond acceptors (Lipinski definition) is 5. The predicted molar refractivity (Wildman–Crippen MR) is 130 cm³/mol. The van der Waals surface area contributed by atoms with Crippen LogP contribution in [-0.4, -0.2) is 84.0 Å². The quantitative estimate of drug-likeness (QED) is 0.582. The summed E-state index contributed by atoms with van der Waals surface area (Å²) in [7, 11) is 3.60. The first kappa shape index (κ1) is 27.7. The van der Waals surface area contributed by atoms with E-state index in [1.165, 1.54) is 12.1 Å². The fourth-order valence-electron chi connectivity index (χ4n) is 4.28. The lowest BCUT2D eigenvalue weighted by Gasteiger charge is -2.54. The van der Waals surface area contributed by atoms with Crippen molar-refractivity contribution in [2.75, 3.05) is 33.7 Å². The first-order chi connectivity index (χ1) is 16.1. The van der Waals surface area contributed by atoms with Gasteiger partial charge in [0.15, 0.2) is 0 Å². The number of benzene rings is 1. The van der Waals surface area contributed by atoms with Crippen molar-refractivity contribution in [3.63, 3.8) is 0 Å². The van der Waals surface area contributed by atoms with E-state index in [0.717, 1.165) is 24.9 Å². The van der Waals surface area contributed by atoms with Crippen molar-refractivity contribution < 1.29 is 18.8 Å². The number of rotatable bonds is 8. The van der Waals surface area contributed by atoms with E-state index >= 15 is 0 Å². The summed E-state index contributed by atoms with van der Waals surface area (Å²) < 4.78 is 12.3.